The summed E-state index contributed by atoms with van der Waals surface area (Å²) < 4.78 is 6.86. The summed E-state index contributed by atoms with van der Waals surface area (Å²) in [5.41, 5.74) is 5.31. The van der Waals surface area contributed by atoms with Crippen LogP contribution in [0.2, 0.25) is 0 Å². The highest BCUT2D eigenvalue weighted by molar-refractivity contribution is 5.76. The monoisotopic (exact) mass is 225 g/mol. The molecule has 16 heavy (non-hydrogen) atoms. The van der Waals surface area contributed by atoms with Crippen molar-refractivity contribution in [2.24, 2.45) is 5.73 Å². The summed E-state index contributed by atoms with van der Waals surface area (Å²) in [5, 5.41) is 4.04. The summed E-state index contributed by atoms with van der Waals surface area (Å²) in [5.74, 6) is -0.407. The normalized spacial score (nSPS) is 15.6. The van der Waals surface area contributed by atoms with Gasteiger partial charge in [-0.1, -0.05) is 0 Å². The van der Waals surface area contributed by atoms with Crippen molar-refractivity contribution in [3.8, 4) is 0 Å². The predicted molar refractivity (Wildman–Crippen MR) is 60.8 cm³/mol. The summed E-state index contributed by atoms with van der Waals surface area (Å²) in [6.07, 6.45) is 3.42. The van der Waals surface area contributed by atoms with Crippen LogP contribution in [0.5, 0.6) is 0 Å². The Morgan fingerprint density at radius 2 is 2.12 bits per heavy atom. The average molecular weight is 225 g/mol. The molecule has 0 bridgehead atoms. The number of nitrogens with zero attached hydrogens (tertiary/aromatic N) is 2. The predicted octanol–water partition coefficient (Wildman–Crippen LogP) is 1.11. The van der Waals surface area contributed by atoms with Crippen molar-refractivity contribution in [1.29, 1.82) is 0 Å². The Morgan fingerprint density at radius 1 is 1.50 bits per heavy atom. The van der Waals surface area contributed by atoms with Gasteiger partial charge in [-0.3, -0.25) is 9.48 Å². The van der Waals surface area contributed by atoms with Gasteiger partial charge in [0.15, 0.2) is 0 Å². The molecule has 1 rings (SSSR count). The smallest absolute Gasteiger partial charge is 0.325 e. The van der Waals surface area contributed by atoms with Gasteiger partial charge in [0, 0.05) is 12.4 Å². The molecule has 0 aromatic carbocycles. The van der Waals surface area contributed by atoms with Crippen LogP contribution in [-0.2, 0) is 9.53 Å². The number of hydrogen-bond donors (Lipinski definition) is 1. The fraction of sp³-hybridized carbons (Fsp3) is 0.636. The van der Waals surface area contributed by atoms with Gasteiger partial charge in [-0.05, 0) is 33.8 Å². The molecule has 5 nitrogen and oxygen atoms in total. The molecule has 2 N–H and O–H groups in total. The van der Waals surface area contributed by atoms with Crippen molar-refractivity contribution in [1.82, 2.24) is 9.78 Å². The summed E-state index contributed by atoms with van der Waals surface area (Å²) >= 11 is 0. The molecular formula is C11H19N3O2. The van der Waals surface area contributed by atoms with E-state index in [0.29, 0.717) is 0 Å². The van der Waals surface area contributed by atoms with Crippen LogP contribution in [0.4, 0.5) is 0 Å². The number of carbonyl (C=O) groups is 1. The second-order valence-electron chi connectivity index (χ2n) is 4.79. The first kappa shape index (κ1) is 12.7. The van der Waals surface area contributed by atoms with E-state index in [1.165, 1.54) is 0 Å². The molecule has 0 radical (unpaired) electrons. The van der Waals surface area contributed by atoms with Crippen LogP contribution < -0.4 is 5.73 Å². The van der Waals surface area contributed by atoms with E-state index in [1.54, 1.807) is 23.1 Å². The molecule has 5 heteroatoms. The lowest BCUT2D eigenvalue weighted by Crippen LogP contribution is -2.42. The molecule has 1 heterocycles. The van der Waals surface area contributed by atoms with Gasteiger partial charge in [-0.15, -0.1) is 0 Å². The molecule has 0 spiro atoms. The van der Waals surface area contributed by atoms with Crippen molar-refractivity contribution in [2.45, 2.75) is 45.4 Å². The lowest BCUT2D eigenvalue weighted by molar-refractivity contribution is -0.157. The Bertz CT molecular complexity index is 341. The first-order valence-electron chi connectivity index (χ1n) is 5.29. The standard InChI is InChI=1S/C11H19N3O2/c1-8(14-7-5-6-13-14)9(12)10(15)16-11(2,3)4/h5-9H,12H2,1-4H3. The van der Waals surface area contributed by atoms with E-state index >= 15 is 0 Å². The Labute approximate surface area is 95.6 Å². The molecule has 0 saturated heterocycles. The van der Waals surface area contributed by atoms with Gasteiger partial charge in [-0.2, -0.15) is 5.10 Å². The Morgan fingerprint density at radius 3 is 2.56 bits per heavy atom. The minimum absolute atomic E-state index is 0.218. The molecular weight excluding hydrogens is 206 g/mol. The van der Waals surface area contributed by atoms with Crippen LogP contribution >= 0.6 is 0 Å². The van der Waals surface area contributed by atoms with Crippen LogP contribution in [0.15, 0.2) is 18.5 Å². The molecule has 0 saturated carbocycles. The van der Waals surface area contributed by atoms with E-state index in [0.717, 1.165) is 0 Å². The Balaban J connectivity index is 2.64. The van der Waals surface area contributed by atoms with Crippen LogP contribution in [-0.4, -0.2) is 27.4 Å². The zero-order valence-corrected chi connectivity index (χ0v) is 10.2. The molecule has 0 amide bonds. The maximum atomic E-state index is 11.7. The SMILES string of the molecule is CC(C(N)C(=O)OC(C)(C)C)n1cccn1. The number of hydrogen-bond acceptors (Lipinski definition) is 4. The fourth-order valence-corrected chi connectivity index (χ4v) is 1.25. The molecule has 2 unspecified atom stereocenters. The largest absolute Gasteiger partial charge is 0.459 e. The van der Waals surface area contributed by atoms with E-state index in [1.807, 2.05) is 27.7 Å². The third kappa shape index (κ3) is 3.34. The number of ether oxygens (including phenoxy) is 1. The molecule has 0 aliphatic carbocycles. The molecule has 1 aromatic heterocycles. The van der Waals surface area contributed by atoms with E-state index < -0.39 is 17.6 Å². The molecule has 0 aliphatic rings. The van der Waals surface area contributed by atoms with Gasteiger partial charge in [0.2, 0.25) is 0 Å². The van der Waals surface area contributed by atoms with Gasteiger partial charge in [0.05, 0.1) is 6.04 Å². The molecule has 90 valence electrons. The summed E-state index contributed by atoms with van der Waals surface area (Å²) in [6, 6.07) is 0.863. The number of aromatic nitrogens is 2. The van der Waals surface area contributed by atoms with Gasteiger partial charge in [0.25, 0.3) is 0 Å². The van der Waals surface area contributed by atoms with Gasteiger partial charge >= 0.3 is 5.97 Å². The number of carbonyl (C=O) groups excluding carboxylic acids is 1. The van der Waals surface area contributed by atoms with Crippen molar-refractivity contribution < 1.29 is 9.53 Å². The highest BCUT2D eigenvalue weighted by Gasteiger charge is 2.27. The molecule has 0 fully saturated rings. The van der Waals surface area contributed by atoms with E-state index in [-0.39, 0.29) is 6.04 Å². The minimum Gasteiger partial charge on any atom is -0.459 e. The first-order valence-corrected chi connectivity index (χ1v) is 5.29. The second-order valence-corrected chi connectivity index (χ2v) is 4.79. The number of nitrogens with two attached hydrogens (primary N) is 1. The van der Waals surface area contributed by atoms with Crippen molar-refractivity contribution in [2.75, 3.05) is 0 Å². The zero-order valence-electron chi connectivity index (χ0n) is 10.2. The Hall–Kier alpha value is -1.36. The topological polar surface area (TPSA) is 70.1 Å². The number of rotatable bonds is 3. The molecule has 0 aliphatic heterocycles. The third-order valence-corrected chi connectivity index (χ3v) is 2.14. The van der Waals surface area contributed by atoms with Crippen LogP contribution in [0, 0.1) is 0 Å². The van der Waals surface area contributed by atoms with Gasteiger partial charge in [-0.25, -0.2) is 0 Å². The number of esters is 1. The second kappa shape index (κ2) is 4.65. The lowest BCUT2D eigenvalue weighted by atomic mass is 10.1. The van der Waals surface area contributed by atoms with Crippen molar-refractivity contribution in [3.05, 3.63) is 18.5 Å². The lowest BCUT2D eigenvalue weighted by Gasteiger charge is -2.25. The van der Waals surface area contributed by atoms with Crippen LogP contribution in [0.1, 0.15) is 33.7 Å². The van der Waals surface area contributed by atoms with Crippen molar-refractivity contribution >= 4 is 5.97 Å². The summed E-state index contributed by atoms with van der Waals surface area (Å²) in [4.78, 5) is 11.7. The first-order chi connectivity index (χ1) is 7.31. The maximum absolute atomic E-state index is 11.7. The highest BCUT2D eigenvalue weighted by atomic mass is 16.6. The van der Waals surface area contributed by atoms with E-state index in [2.05, 4.69) is 5.10 Å². The van der Waals surface area contributed by atoms with Crippen molar-refractivity contribution in [3.63, 3.8) is 0 Å². The fourth-order valence-electron chi connectivity index (χ4n) is 1.25. The highest BCUT2D eigenvalue weighted by Crippen LogP contribution is 2.13. The quantitative estimate of drug-likeness (QED) is 0.782. The van der Waals surface area contributed by atoms with E-state index in [4.69, 9.17) is 10.5 Å². The third-order valence-electron chi connectivity index (χ3n) is 2.14. The average Bonchev–Trinajstić information content (AvgIpc) is 2.65. The Kier molecular flexibility index (Phi) is 3.70. The zero-order chi connectivity index (χ0) is 12.3. The van der Waals surface area contributed by atoms with Gasteiger partial charge in [0.1, 0.15) is 11.6 Å². The molecule has 2 atom stereocenters. The van der Waals surface area contributed by atoms with Crippen LogP contribution in [0.3, 0.4) is 0 Å². The summed E-state index contributed by atoms with van der Waals surface area (Å²) in [7, 11) is 0. The molecule has 1 aromatic rings. The summed E-state index contributed by atoms with van der Waals surface area (Å²) in [6.45, 7) is 7.28. The van der Waals surface area contributed by atoms with E-state index in [9.17, 15) is 4.79 Å². The van der Waals surface area contributed by atoms with Crippen LogP contribution in [0.25, 0.3) is 0 Å². The maximum Gasteiger partial charge on any atom is 0.325 e. The van der Waals surface area contributed by atoms with Gasteiger partial charge < -0.3 is 10.5 Å². The minimum atomic E-state index is -0.709.